The Hall–Kier alpha value is -4.73. The number of rotatable bonds is 7. The minimum Gasteiger partial charge on any atom is -0.493 e. The van der Waals surface area contributed by atoms with Crippen LogP contribution in [-0.2, 0) is 13.0 Å². The number of nitrogens with zero attached hydrogens (tertiary/aromatic N) is 6. The molecule has 0 spiro atoms. The van der Waals surface area contributed by atoms with Crippen molar-refractivity contribution < 1.29 is 9.47 Å². The van der Waals surface area contributed by atoms with E-state index in [1.54, 1.807) is 14.2 Å². The van der Waals surface area contributed by atoms with Gasteiger partial charge in [-0.25, -0.2) is 4.98 Å². The van der Waals surface area contributed by atoms with Gasteiger partial charge in [0.25, 0.3) is 5.56 Å². The van der Waals surface area contributed by atoms with Crippen LogP contribution >= 0.6 is 0 Å². The minimum atomic E-state index is -0.240. The summed E-state index contributed by atoms with van der Waals surface area (Å²) in [5.41, 5.74) is 8.19. The van der Waals surface area contributed by atoms with Gasteiger partial charge in [-0.15, -0.1) is 5.10 Å². The molecule has 3 heterocycles. The van der Waals surface area contributed by atoms with E-state index >= 15 is 0 Å². The molecular weight excluding hydrogens is 446 g/mol. The van der Waals surface area contributed by atoms with Crippen molar-refractivity contribution in [3.8, 4) is 17.3 Å². The quantitative estimate of drug-likeness (QED) is 0.386. The fourth-order valence-electron chi connectivity index (χ4n) is 3.85. The molecule has 0 atom stereocenters. The monoisotopic (exact) mass is 469 g/mol. The highest BCUT2D eigenvalue weighted by Gasteiger charge is 2.15. The fourth-order valence-corrected chi connectivity index (χ4v) is 3.85. The summed E-state index contributed by atoms with van der Waals surface area (Å²) in [6.45, 7) is 0.301. The molecule has 0 aliphatic carbocycles. The molecule has 3 aromatic heterocycles. The number of anilines is 1. The topological polar surface area (TPSA) is 123 Å². The molecule has 0 saturated carbocycles. The molecule has 0 unspecified atom stereocenters. The Kier molecular flexibility index (Phi) is 5.84. The maximum Gasteiger partial charge on any atom is 0.255 e. The first-order chi connectivity index (χ1) is 17.0. The van der Waals surface area contributed by atoms with Crippen LogP contribution < -0.4 is 20.8 Å². The van der Waals surface area contributed by atoms with Gasteiger partial charge < -0.3 is 15.2 Å². The Morgan fingerprint density at radius 2 is 1.77 bits per heavy atom. The Balaban J connectivity index is 1.42. The van der Waals surface area contributed by atoms with Crippen molar-refractivity contribution in [3.05, 3.63) is 94.4 Å². The molecule has 0 bridgehead atoms. The first-order valence-electron chi connectivity index (χ1n) is 10.9. The van der Waals surface area contributed by atoms with Crippen molar-refractivity contribution in [1.29, 1.82) is 0 Å². The zero-order valence-corrected chi connectivity index (χ0v) is 19.3. The highest BCUT2D eigenvalue weighted by Crippen LogP contribution is 2.28. The molecule has 0 amide bonds. The summed E-state index contributed by atoms with van der Waals surface area (Å²) in [6, 6.07) is 18.7. The smallest absolute Gasteiger partial charge is 0.255 e. The molecule has 35 heavy (non-hydrogen) atoms. The SMILES string of the molecule is COc1ccc(Cc2nc(N)nn2-c2cc(=O)n(Cc3ccc4ccccc4n3)cn2)cc1OC. The van der Waals surface area contributed by atoms with E-state index in [1.807, 2.05) is 54.6 Å². The van der Waals surface area contributed by atoms with E-state index in [9.17, 15) is 4.79 Å². The van der Waals surface area contributed by atoms with Crippen molar-refractivity contribution in [1.82, 2.24) is 29.3 Å². The number of aromatic nitrogens is 6. The van der Waals surface area contributed by atoms with Gasteiger partial charge in [0, 0.05) is 17.9 Å². The highest BCUT2D eigenvalue weighted by molar-refractivity contribution is 5.78. The molecule has 0 fully saturated rings. The zero-order chi connectivity index (χ0) is 24.4. The van der Waals surface area contributed by atoms with Crippen LogP contribution in [0.4, 0.5) is 5.95 Å². The average molecular weight is 470 g/mol. The third kappa shape index (κ3) is 4.54. The predicted octanol–water partition coefficient (Wildman–Crippen LogP) is 2.61. The van der Waals surface area contributed by atoms with Crippen LogP contribution in [0.2, 0.25) is 0 Å². The molecule has 5 aromatic rings. The summed E-state index contributed by atoms with van der Waals surface area (Å²) < 4.78 is 13.7. The molecule has 2 aromatic carbocycles. The van der Waals surface area contributed by atoms with Gasteiger partial charge in [0.1, 0.15) is 12.2 Å². The minimum absolute atomic E-state index is 0.0896. The molecule has 0 radical (unpaired) electrons. The highest BCUT2D eigenvalue weighted by atomic mass is 16.5. The summed E-state index contributed by atoms with van der Waals surface area (Å²) >= 11 is 0. The summed E-state index contributed by atoms with van der Waals surface area (Å²) in [6.07, 6.45) is 1.88. The second-order valence-electron chi connectivity index (χ2n) is 7.87. The van der Waals surface area contributed by atoms with Crippen LogP contribution in [0.5, 0.6) is 11.5 Å². The van der Waals surface area contributed by atoms with Crippen molar-refractivity contribution in [2.45, 2.75) is 13.0 Å². The molecule has 0 saturated heterocycles. The van der Waals surface area contributed by atoms with Crippen molar-refractivity contribution in [2.24, 2.45) is 0 Å². The molecular formula is C25H23N7O3. The van der Waals surface area contributed by atoms with Gasteiger partial charge in [-0.05, 0) is 29.8 Å². The summed E-state index contributed by atoms with van der Waals surface area (Å²) in [5.74, 6) is 2.19. The van der Waals surface area contributed by atoms with Crippen molar-refractivity contribution in [3.63, 3.8) is 0 Å². The Morgan fingerprint density at radius 3 is 2.57 bits per heavy atom. The number of pyridine rings is 1. The Labute approximate surface area is 200 Å². The molecule has 10 nitrogen and oxygen atoms in total. The second kappa shape index (κ2) is 9.26. The third-order valence-electron chi connectivity index (χ3n) is 5.57. The van der Waals surface area contributed by atoms with Gasteiger partial charge in [0.05, 0.1) is 32.0 Å². The molecule has 0 aliphatic rings. The standard InChI is InChI=1S/C25H23N7O3/c1-34-20-10-7-16(11-21(20)35-2)12-23-29-25(26)30-32(23)22-13-24(33)31(15-27-22)14-18-9-8-17-5-3-4-6-19(17)28-18/h3-11,13,15H,12,14H2,1-2H3,(H2,26,30). The summed E-state index contributed by atoms with van der Waals surface area (Å²) in [4.78, 5) is 26.3. The molecule has 176 valence electrons. The lowest BCUT2D eigenvalue weighted by molar-refractivity contribution is 0.354. The number of fused-ring (bicyclic) bond motifs is 1. The van der Waals surface area contributed by atoms with E-state index in [0.717, 1.165) is 22.2 Å². The third-order valence-corrected chi connectivity index (χ3v) is 5.57. The second-order valence-corrected chi connectivity index (χ2v) is 7.87. The molecule has 0 aliphatic heterocycles. The van der Waals surface area contributed by atoms with Crippen LogP contribution in [0.1, 0.15) is 17.1 Å². The average Bonchev–Trinajstić information content (AvgIpc) is 3.24. The Morgan fingerprint density at radius 1 is 0.943 bits per heavy atom. The van der Waals surface area contributed by atoms with Crippen LogP contribution in [0.25, 0.3) is 16.7 Å². The van der Waals surface area contributed by atoms with Gasteiger partial charge in [0.15, 0.2) is 17.3 Å². The zero-order valence-electron chi connectivity index (χ0n) is 19.3. The van der Waals surface area contributed by atoms with Crippen LogP contribution in [0.3, 0.4) is 0 Å². The summed E-state index contributed by atoms with van der Waals surface area (Å²) in [5, 5.41) is 5.29. The molecule has 10 heteroatoms. The number of ether oxygens (including phenoxy) is 2. The lowest BCUT2D eigenvalue weighted by atomic mass is 10.1. The number of hydrogen-bond acceptors (Lipinski definition) is 8. The fraction of sp³-hybridized carbons (Fsp3) is 0.160. The van der Waals surface area contributed by atoms with Gasteiger partial charge in [-0.3, -0.25) is 14.3 Å². The lowest BCUT2D eigenvalue weighted by Gasteiger charge is -2.10. The summed E-state index contributed by atoms with van der Waals surface area (Å²) in [7, 11) is 3.16. The van der Waals surface area contributed by atoms with Gasteiger partial charge in [0.2, 0.25) is 5.95 Å². The maximum atomic E-state index is 12.9. The number of benzene rings is 2. The van der Waals surface area contributed by atoms with E-state index in [2.05, 4.69) is 20.1 Å². The van der Waals surface area contributed by atoms with Crippen LogP contribution in [0.15, 0.2) is 71.8 Å². The van der Waals surface area contributed by atoms with Crippen molar-refractivity contribution >= 4 is 16.9 Å². The van der Waals surface area contributed by atoms with E-state index in [-0.39, 0.29) is 11.5 Å². The number of para-hydroxylation sites is 1. The van der Waals surface area contributed by atoms with Gasteiger partial charge >= 0.3 is 0 Å². The van der Waals surface area contributed by atoms with Gasteiger partial charge in [-0.2, -0.15) is 9.67 Å². The molecule has 5 rings (SSSR count). The van der Waals surface area contributed by atoms with E-state index in [4.69, 9.17) is 15.2 Å². The normalized spacial score (nSPS) is 11.0. The molecule has 2 N–H and O–H groups in total. The first kappa shape index (κ1) is 22.1. The number of methoxy groups -OCH3 is 2. The number of nitrogen functional groups attached to an aromatic ring is 1. The number of hydrogen-bond donors (Lipinski definition) is 1. The van der Waals surface area contributed by atoms with E-state index in [0.29, 0.717) is 36.1 Å². The predicted molar refractivity (Wildman–Crippen MR) is 131 cm³/mol. The first-order valence-corrected chi connectivity index (χ1v) is 10.9. The van der Waals surface area contributed by atoms with Crippen molar-refractivity contribution in [2.75, 3.05) is 20.0 Å². The maximum absolute atomic E-state index is 12.9. The number of nitrogens with two attached hydrogens (primary N) is 1. The van der Waals surface area contributed by atoms with Gasteiger partial charge in [-0.1, -0.05) is 30.3 Å². The lowest BCUT2D eigenvalue weighted by Crippen LogP contribution is -2.22. The largest absolute Gasteiger partial charge is 0.493 e. The Bertz CT molecular complexity index is 1580. The van der Waals surface area contributed by atoms with Crippen LogP contribution in [0, 0.1) is 0 Å². The van der Waals surface area contributed by atoms with E-state index < -0.39 is 0 Å². The van der Waals surface area contributed by atoms with Crippen LogP contribution in [-0.4, -0.2) is 43.5 Å². The van der Waals surface area contributed by atoms with E-state index in [1.165, 1.54) is 21.6 Å².